The van der Waals surface area contributed by atoms with E-state index in [1.165, 1.54) is 6.07 Å². The van der Waals surface area contributed by atoms with E-state index in [1.54, 1.807) is 0 Å². The molecule has 0 spiro atoms. The number of carbonyl (C=O) groups is 1. The maximum atomic E-state index is 14.0. The molecule has 0 radical (unpaired) electrons. The minimum Gasteiger partial charge on any atom is -0.464 e. The molecule has 5 nitrogen and oxygen atoms in total. The Hall–Kier alpha value is -1.63. The van der Waals surface area contributed by atoms with Crippen LogP contribution in [0.5, 0.6) is 0 Å². The van der Waals surface area contributed by atoms with Crippen LogP contribution in [0.2, 0.25) is 15.1 Å². The van der Waals surface area contributed by atoms with Gasteiger partial charge in [0.15, 0.2) is 11.5 Å². The van der Waals surface area contributed by atoms with Crippen molar-refractivity contribution >= 4 is 46.6 Å². The summed E-state index contributed by atoms with van der Waals surface area (Å²) in [6.45, 7) is 0. The zero-order valence-electron chi connectivity index (χ0n) is 10.5. The van der Waals surface area contributed by atoms with Gasteiger partial charge in [-0.1, -0.05) is 34.8 Å². The van der Waals surface area contributed by atoms with E-state index in [9.17, 15) is 9.18 Å². The van der Waals surface area contributed by atoms with Gasteiger partial charge in [-0.15, -0.1) is 0 Å². The molecule has 21 heavy (non-hydrogen) atoms. The second-order valence-electron chi connectivity index (χ2n) is 3.83. The summed E-state index contributed by atoms with van der Waals surface area (Å²) in [5, 5.41) is -0.0380. The van der Waals surface area contributed by atoms with Crippen molar-refractivity contribution in [2.75, 3.05) is 12.8 Å². The molecule has 1 heterocycles. The number of nitrogen functional groups attached to an aromatic ring is 1. The normalized spacial score (nSPS) is 10.5. The lowest BCUT2D eigenvalue weighted by atomic mass is 10.2. The summed E-state index contributed by atoms with van der Waals surface area (Å²) in [6, 6.07) is 2.23. The lowest BCUT2D eigenvalue weighted by Gasteiger charge is -2.09. The number of nitrogens with zero attached hydrogens (tertiary/aromatic N) is 2. The van der Waals surface area contributed by atoms with Gasteiger partial charge >= 0.3 is 5.97 Å². The van der Waals surface area contributed by atoms with Crippen LogP contribution in [-0.4, -0.2) is 23.0 Å². The SMILES string of the molecule is COC(=O)c1nc(-c2cc(Cl)c(Cl)cc2F)nc(N)c1Cl. The summed E-state index contributed by atoms with van der Waals surface area (Å²) in [6.07, 6.45) is 0. The fourth-order valence-electron chi connectivity index (χ4n) is 1.51. The first-order valence-electron chi connectivity index (χ1n) is 5.41. The number of anilines is 1. The number of methoxy groups -OCH3 is 1. The van der Waals surface area contributed by atoms with E-state index in [0.717, 1.165) is 13.2 Å². The van der Waals surface area contributed by atoms with Crippen LogP contribution in [0, 0.1) is 5.82 Å². The monoisotopic (exact) mass is 349 g/mol. The van der Waals surface area contributed by atoms with Crippen LogP contribution in [0.3, 0.4) is 0 Å². The topological polar surface area (TPSA) is 78.1 Å². The Bertz CT molecular complexity index is 740. The van der Waals surface area contributed by atoms with Crippen molar-refractivity contribution in [2.24, 2.45) is 0 Å². The summed E-state index contributed by atoms with van der Waals surface area (Å²) >= 11 is 17.4. The number of halogens is 4. The number of aromatic nitrogens is 2. The van der Waals surface area contributed by atoms with Gasteiger partial charge in [0.05, 0.1) is 22.7 Å². The Morgan fingerprint density at radius 1 is 1.24 bits per heavy atom. The summed E-state index contributed by atoms with van der Waals surface area (Å²) in [5.74, 6) is -1.89. The van der Waals surface area contributed by atoms with E-state index in [4.69, 9.17) is 40.5 Å². The van der Waals surface area contributed by atoms with Crippen LogP contribution >= 0.6 is 34.8 Å². The summed E-state index contributed by atoms with van der Waals surface area (Å²) in [4.78, 5) is 19.3. The van der Waals surface area contributed by atoms with Crippen molar-refractivity contribution in [2.45, 2.75) is 0 Å². The minimum atomic E-state index is -0.823. The van der Waals surface area contributed by atoms with E-state index < -0.39 is 11.8 Å². The molecule has 1 aromatic heterocycles. The molecule has 0 saturated carbocycles. The molecule has 0 fully saturated rings. The molecule has 0 bridgehead atoms. The van der Waals surface area contributed by atoms with Gasteiger partial charge in [0.2, 0.25) is 0 Å². The second kappa shape index (κ2) is 6.01. The Morgan fingerprint density at radius 2 is 1.86 bits per heavy atom. The highest BCUT2D eigenvalue weighted by Crippen LogP contribution is 2.32. The molecule has 0 aliphatic rings. The van der Waals surface area contributed by atoms with E-state index in [1.807, 2.05) is 0 Å². The van der Waals surface area contributed by atoms with E-state index >= 15 is 0 Å². The molecular formula is C12H7Cl3FN3O2. The molecule has 0 amide bonds. The largest absolute Gasteiger partial charge is 0.464 e. The molecule has 0 unspecified atom stereocenters. The highest BCUT2D eigenvalue weighted by atomic mass is 35.5. The van der Waals surface area contributed by atoms with Crippen LogP contribution in [0.4, 0.5) is 10.2 Å². The predicted octanol–water partition coefficient (Wildman–Crippen LogP) is 3.61. The lowest BCUT2D eigenvalue weighted by molar-refractivity contribution is 0.0594. The number of rotatable bonds is 2. The first kappa shape index (κ1) is 15.8. The Morgan fingerprint density at radius 3 is 2.48 bits per heavy atom. The minimum absolute atomic E-state index is 0.0352. The number of nitrogens with two attached hydrogens (primary N) is 1. The van der Waals surface area contributed by atoms with Crippen molar-refractivity contribution in [3.05, 3.63) is 38.7 Å². The van der Waals surface area contributed by atoms with Gasteiger partial charge in [0.1, 0.15) is 16.7 Å². The summed E-state index contributed by atoms with van der Waals surface area (Å²) < 4.78 is 18.5. The Kier molecular flexibility index (Phi) is 4.51. The van der Waals surface area contributed by atoms with Crippen LogP contribution in [-0.2, 0) is 4.74 Å². The van der Waals surface area contributed by atoms with Crippen LogP contribution in [0.1, 0.15) is 10.5 Å². The van der Waals surface area contributed by atoms with Crippen molar-refractivity contribution < 1.29 is 13.9 Å². The van der Waals surface area contributed by atoms with Gasteiger partial charge in [0.25, 0.3) is 0 Å². The fourth-order valence-corrected chi connectivity index (χ4v) is 1.99. The molecule has 2 rings (SSSR count). The molecule has 1 aromatic carbocycles. The van der Waals surface area contributed by atoms with E-state index in [-0.39, 0.29) is 38.0 Å². The van der Waals surface area contributed by atoms with Crippen LogP contribution in [0.25, 0.3) is 11.4 Å². The molecular weight excluding hydrogens is 344 g/mol. The smallest absolute Gasteiger partial charge is 0.358 e. The highest BCUT2D eigenvalue weighted by Gasteiger charge is 2.21. The van der Waals surface area contributed by atoms with Gasteiger partial charge < -0.3 is 10.5 Å². The zero-order chi connectivity index (χ0) is 15.7. The second-order valence-corrected chi connectivity index (χ2v) is 5.03. The number of ether oxygens (including phenoxy) is 1. The first-order valence-corrected chi connectivity index (χ1v) is 6.54. The van der Waals surface area contributed by atoms with Gasteiger partial charge in [-0.2, -0.15) is 0 Å². The third-order valence-corrected chi connectivity index (χ3v) is 3.60. The fraction of sp³-hybridized carbons (Fsp3) is 0.0833. The van der Waals surface area contributed by atoms with Crippen LogP contribution < -0.4 is 5.73 Å². The first-order chi connectivity index (χ1) is 9.85. The Balaban J connectivity index is 2.68. The molecule has 9 heteroatoms. The predicted molar refractivity (Wildman–Crippen MR) is 78.2 cm³/mol. The maximum Gasteiger partial charge on any atom is 0.358 e. The highest BCUT2D eigenvalue weighted by molar-refractivity contribution is 6.42. The standard InChI is InChI=1S/C12H7Cl3FN3O2/c1-21-12(20)9-8(15)10(17)19-11(18-9)4-2-5(13)6(14)3-7(4)16/h2-3H,1H3,(H2,17,18,19). The maximum absolute atomic E-state index is 14.0. The van der Waals surface area contributed by atoms with Crippen molar-refractivity contribution in [1.82, 2.24) is 9.97 Å². The van der Waals surface area contributed by atoms with E-state index in [2.05, 4.69) is 14.7 Å². The summed E-state index contributed by atoms with van der Waals surface area (Å²) in [5.41, 5.74) is 5.25. The third kappa shape index (κ3) is 3.02. The zero-order valence-corrected chi connectivity index (χ0v) is 12.7. The molecule has 110 valence electrons. The average Bonchev–Trinajstić information content (AvgIpc) is 2.45. The lowest BCUT2D eigenvalue weighted by Crippen LogP contribution is -2.10. The number of esters is 1. The molecule has 2 aromatic rings. The molecule has 0 atom stereocenters. The average molecular weight is 351 g/mol. The third-order valence-electron chi connectivity index (χ3n) is 2.51. The number of hydrogen-bond donors (Lipinski definition) is 1. The molecule has 0 aliphatic heterocycles. The molecule has 0 saturated heterocycles. The van der Waals surface area contributed by atoms with Gasteiger partial charge in [0, 0.05) is 0 Å². The quantitative estimate of drug-likeness (QED) is 0.661. The van der Waals surface area contributed by atoms with E-state index in [0.29, 0.717) is 0 Å². The molecule has 0 aliphatic carbocycles. The summed E-state index contributed by atoms with van der Waals surface area (Å²) in [7, 11) is 1.15. The number of hydrogen-bond acceptors (Lipinski definition) is 5. The number of benzene rings is 1. The van der Waals surface area contributed by atoms with Crippen molar-refractivity contribution in [3.8, 4) is 11.4 Å². The van der Waals surface area contributed by atoms with Crippen molar-refractivity contribution in [1.29, 1.82) is 0 Å². The van der Waals surface area contributed by atoms with Gasteiger partial charge in [-0.25, -0.2) is 19.2 Å². The van der Waals surface area contributed by atoms with Gasteiger partial charge in [-0.05, 0) is 12.1 Å². The van der Waals surface area contributed by atoms with Gasteiger partial charge in [-0.3, -0.25) is 0 Å². The van der Waals surface area contributed by atoms with Crippen molar-refractivity contribution in [3.63, 3.8) is 0 Å². The molecule has 2 N–H and O–H groups in total. The van der Waals surface area contributed by atoms with Crippen LogP contribution in [0.15, 0.2) is 12.1 Å². The number of carbonyl (C=O) groups excluding carboxylic acids is 1. The Labute approximate surface area is 133 Å².